The van der Waals surface area contributed by atoms with Gasteiger partial charge in [-0.25, -0.2) is 9.18 Å². The van der Waals surface area contributed by atoms with Crippen LogP contribution in [0.4, 0.5) is 17.6 Å². The van der Waals surface area contributed by atoms with Crippen molar-refractivity contribution in [3.63, 3.8) is 0 Å². The Labute approximate surface area is 220 Å². The summed E-state index contributed by atoms with van der Waals surface area (Å²) in [4.78, 5) is 15.4. The summed E-state index contributed by atoms with van der Waals surface area (Å²) in [7, 11) is 0. The molecule has 4 aromatic rings. The lowest BCUT2D eigenvalue weighted by molar-refractivity contribution is -0.136. The molecule has 0 spiro atoms. The van der Waals surface area contributed by atoms with E-state index in [4.69, 9.17) is 0 Å². The Balaban J connectivity index is 1.41. The van der Waals surface area contributed by atoms with Crippen molar-refractivity contribution in [1.29, 1.82) is 0 Å². The summed E-state index contributed by atoms with van der Waals surface area (Å²) in [6, 6.07) is 8.53. The number of hydrogen-bond acceptors (Lipinski definition) is 5. The maximum absolute atomic E-state index is 14.1. The topological polar surface area (TPSA) is 55.4 Å². The third-order valence-electron chi connectivity index (χ3n) is 7.82. The van der Waals surface area contributed by atoms with Crippen molar-refractivity contribution in [1.82, 2.24) is 24.1 Å². The largest absolute Gasteiger partial charge is 0.418 e. The molecule has 1 aromatic carbocycles. The van der Waals surface area contributed by atoms with Gasteiger partial charge in [-0.05, 0) is 60.9 Å². The molecule has 0 amide bonds. The van der Waals surface area contributed by atoms with Crippen molar-refractivity contribution in [2.45, 2.75) is 56.9 Å². The number of alkyl halides is 4. The number of nitrogens with zero attached hydrogens (tertiary/aromatic N) is 5. The molecule has 4 heterocycles. The second-order valence-electron chi connectivity index (χ2n) is 10.3. The molecule has 1 saturated carbocycles. The molecule has 1 aliphatic carbocycles. The van der Waals surface area contributed by atoms with Gasteiger partial charge in [0.25, 0.3) is 0 Å². The highest BCUT2D eigenvalue weighted by Gasteiger charge is 2.35. The van der Waals surface area contributed by atoms with Crippen LogP contribution >= 0.6 is 11.3 Å². The van der Waals surface area contributed by atoms with Gasteiger partial charge in [-0.3, -0.25) is 13.9 Å². The molecule has 0 bridgehead atoms. The Hall–Kier alpha value is -3.05. The van der Waals surface area contributed by atoms with E-state index in [1.807, 2.05) is 23.1 Å². The van der Waals surface area contributed by atoms with E-state index in [-0.39, 0.29) is 18.0 Å². The fourth-order valence-electron chi connectivity index (χ4n) is 5.64. The Kier molecular flexibility index (Phi) is 6.59. The van der Waals surface area contributed by atoms with Gasteiger partial charge in [0.15, 0.2) is 0 Å². The van der Waals surface area contributed by atoms with Crippen molar-refractivity contribution in [2.75, 3.05) is 13.1 Å². The molecule has 6 nitrogen and oxygen atoms in total. The highest BCUT2D eigenvalue weighted by Crippen LogP contribution is 2.44. The summed E-state index contributed by atoms with van der Waals surface area (Å²) in [5, 5.41) is 9.20. The molecule has 6 rings (SSSR count). The van der Waals surface area contributed by atoms with E-state index in [1.165, 1.54) is 28.3 Å². The van der Waals surface area contributed by atoms with E-state index in [1.54, 1.807) is 11.6 Å². The number of benzene rings is 1. The first-order valence-corrected chi connectivity index (χ1v) is 13.7. The van der Waals surface area contributed by atoms with Crippen LogP contribution in [0.15, 0.2) is 53.0 Å². The maximum Gasteiger partial charge on any atom is 0.418 e. The zero-order valence-corrected chi connectivity index (χ0v) is 21.4. The second-order valence-corrected chi connectivity index (χ2v) is 11.2. The van der Waals surface area contributed by atoms with Crippen LogP contribution < -0.4 is 5.69 Å². The predicted molar refractivity (Wildman–Crippen MR) is 136 cm³/mol. The van der Waals surface area contributed by atoms with Crippen molar-refractivity contribution in [3.05, 3.63) is 80.4 Å². The average Bonchev–Trinajstić information content (AvgIpc) is 3.50. The van der Waals surface area contributed by atoms with Crippen LogP contribution in [0.5, 0.6) is 0 Å². The summed E-state index contributed by atoms with van der Waals surface area (Å²) >= 11 is 1.49. The van der Waals surface area contributed by atoms with E-state index in [0.29, 0.717) is 43.1 Å². The van der Waals surface area contributed by atoms with Gasteiger partial charge >= 0.3 is 11.9 Å². The lowest BCUT2D eigenvalue weighted by Gasteiger charge is -2.32. The lowest BCUT2D eigenvalue weighted by atomic mass is 9.73. The summed E-state index contributed by atoms with van der Waals surface area (Å²) in [5.74, 6) is 0.458. The van der Waals surface area contributed by atoms with Crippen molar-refractivity contribution >= 4 is 16.9 Å². The average molecular weight is 546 g/mol. The first kappa shape index (κ1) is 25.2. The molecule has 200 valence electrons. The monoisotopic (exact) mass is 545 g/mol. The van der Waals surface area contributed by atoms with E-state index in [2.05, 4.69) is 10.2 Å². The molecule has 1 saturated heterocycles. The number of likely N-dealkylation sites (tertiary alicyclic amines) is 1. The van der Waals surface area contributed by atoms with Crippen LogP contribution in [0.1, 0.15) is 59.7 Å². The molecule has 38 heavy (non-hydrogen) atoms. The van der Waals surface area contributed by atoms with E-state index < -0.39 is 23.6 Å². The fourth-order valence-corrected chi connectivity index (χ4v) is 6.41. The molecule has 1 aliphatic heterocycles. The highest BCUT2D eigenvalue weighted by molar-refractivity contribution is 7.09. The normalized spacial score (nSPS) is 18.6. The zero-order valence-electron chi connectivity index (χ0n) is 20.6. The Morgan fingerprint density at radius 1 is 1.08 bits per heavy atom. The van der Waals surface area contributed by atoms with Crippen molar-refractivity contribution in [3.8, 4) is 5.69 Å². The zero-order chi connectivity index (χ0) is 26.4. The SMILES string of the molecule is O=c1n(-c2cccc([C@H](c3nncs3)C3CCC3)c2)cc2c(C(F)(F)F)cc(CN3CCC(F)CC3)cn12. The smallest absolute Gasteiger partial charge is 0.299 e. The number of halogens is 4. The number of fused-ring (bicyclic) bond motifs is 1. The Morgan fingerprint density at radius 2 is 1.87 bits per heavy atom. The number of rotatable bonds is 6. The van der Waals surface area contributed by atoms with Gasteiger partial charge in [-0.15, -0.1) is 21.5 Å². The van der Waals surface area contributed by atoms with E-state index in [0.717, 1.165) is 40.3 Å². The molecule has 0 unspecified atom stereocenters. The minimum Gasteiger partial charge on any atom is -0.299 e. The minimum absolute atomic E-state index is 0.0368. The van der Waals surface area contributed by atoms with Gasteiger partial charge in [0.05, 0.1) is 16.8 Å². The molecule has 2 aliphatic rings. The first-order valence-electron chi connectivity index (χ1n) is 12.8. The fraction of sp³-hybridized carbons (Fsp3) is 0.444. The third-order valence-corrected chi connectivity index (χ3v) is 8.60. The summed E-state index contributed by atoms with van der Waals surface area (Å²) in [6.45, 7) is 1.17. The number of piperidine rings is 1. The molecule has 0 radical (unpaired) electrons. The standard InChI is InChI=1S/C27H27F4N5OS/c28-20-7-9-34(10-8-20)13-17-11-22(27(29,30)31)23-15-35(26(37)36(23)14-17)21-6-2-5-19(12-21)24(18-3-1-4-18)25-33-32-16-38-25/h2,5-6,11-12,14-16,18,20,24H,1,3-4,7-10,13H2/t24-/m1/s1. The summed E-state index contributed by atoms with van der Waals surface area (Å²) in [5.41, 5.74) is 1.93. The molecular weight excluding hydrogens is 518 g/mol. The highest BCUT2D eigenvalue weighted by atomic mass is 32.1. The molecule has 11 heteroatoms. The second kappa shape index (κ2) is 9.92. The van der Waals surface area contributed by atoms with Gasteiger partial charge in [-0.2, -0.15) is 13.2 Å². The first-order chi connectivity index (χ1) is 18.3. The van der Waals surface area contributed by atoms with Crippen LogP contribution in [0.25, 0.3) is 11.2 Å². The van der Waals surface area contributed by atoms with Gasteiger partial charge in [0, 0.05) is 37.9 Å². The van der Waals surface area contributed by atoms with E-state index >= 15 is 0 Å². The number of pyridine rings is 1. The number of aromatic nitrogens is 4. The molecule has 0 N–H and O–H groups in total. The van der Waals surface area contributed by atoms with Crippen LogP contribution in [-0.4, -0.2) is 43.3 Å². The molecular formula is C27H27F4N5OS. The van der Waals surface area contributed by atoms with Gasteiger partial charge in [0.2, 0.25) is 0 Å². The van der Waals surface area contributed by atoms with Crippen LogP contribution in [0.3, 0.4) is 0 Å². The van der Waals surface area contributed by atoms with Crippen LogP contribution in [0, 0.1) is 5.92 Å². The quantitative estimate of drug-likeness (QED) is 0.286. The minimum atomic E-state index is -4.64. The van der Waals surface area contributed by atoms with Gasteiger partial charge in [-0.1, -0.05) is 18.6 Å². The number of imidazole rings is 1. The lowest BCUT2D eigenvalue weighted by Crippen LogP contribution is -2.34. The van der Waals surface area contributed by atoms with Gasteiger partial charge in [0.1, 0.15) is 16.7 Å². The molecule has 3 aromatic heterocycles. The molecule has 2 fully saturated rings. The van der Waals surface area contributed by atoms with Crippen molar-refractivity contribution < 1.29 is 17.6 Å². The van der Waals surface area contributed by atoms with E-state index in [9.17, 15) is 22.4 Å². The number of hydrogen-bond donors (Lipinski definition) is 0. The molecule has 1 atom stereocenters. The summed E-state index contributed by atoms with van der Waals surface area (Å²) < 4.78 is 58.3. The Bertz CT molecular complexity index is 1480. The maximum atomic E-state index is 14.1. The Morgan fingerprint density at radius 3 is 2.53 bits per heavy atom. The van der Waals surface area contributed by atoms with Gasteiger partial charge < -0.3 is 0 Å². The predicted octanol–water partition coefficient (Wildman–Crippen LogP) is 5.83. The third kappa shape index (κ3) is 4.77. The van der Waals surface area contributed by atoms with Crippen LogP contribution in [0.2, 0.25) is 0 Å². The van der Waals surface area contributed by atoms with Crippen LogP contribution in [-0.2, 0) is 12.7 Å². The summed E-state index contributed by atoms with van der Waals surface area (Å²) in [6.07, 6.45) is 1.26. The van der Waals surface area contributed by atoms with Crippen molar-refractivity contribution in [2.24, 2.45) is 5.92 Å².